The summed E-state index contributed by atoms with van der Waals surface area (Å²) in [5.41, 5.74) is 2.73. The van der Waals surface area contributed by atoms with Crippen LogP contribution in [0.4, 0.5) is 11.4 Å². The highest BCUT2D eigenvalue weighted by molar-refractivity contribution is 5.95. The molecule has 12 heavy (non-hydrogen) atoms. The van der Waals surface area contributed by atoms with Crippen LogP contribution >= 0.6 is 0 Å². The zero-order chi connectivity index (χ0) is 8.39. The summed E-state index contributed by atoms with van der Waals surface area (Å²) in [4.78, 5) is 4.27. The molecule has 1 aliphatic heterocycles. The Labute approximate surface area is 70.8 Å². The first-order valence-corrected chi connectivity index (χ1v) is 3.90. The van der Waals surface area contributed by atoms with Crippen molar-refractivity contribution in [1.29, 1.82) is 0 Å². The summed E-state index contributed by atoms with van der Waals surface area (Å²) in [7, 11) is 0. The van der Waals surface area contributed by atoms with Gasteiger partial charge in [0.2, 0.25) is 0 Å². The van der Waals surface area contributed by atoms with Crippen LogP contribution in [0.15, 0.2) is 29.3 Å². The Hall–Kier alpha value is -1.35. The van der Waals surface area contributed by atoms with Gasteiger partial charge in [-0.2, -0.15) is 0 Å². The van der Waals surface area contributed by atoms with E-state index in [9.17, 15) is 0 Å². The molecule has 0 atom stereocenters. The van der Waals surface area contributed by atoms with E-state index < -0.39 is 0 Å². The molecule has 1 aromatic carbocycles. The van der Waals surface area contributed by atoms with E-state index in [2.05, 4.69) is 10.3 Å². The average molecular weight is 162 g/mol. The fraction of sp³-hybridized carbons (Fsp3) is 0.222. The summed E-state index contributed by atoms with van der Waals surface area (Å²) in [5, 5.41) is 12.0. The maximum Gasteiger partial charge on any atom is 0.0862 e. The van der Waals surface area contributed by atoms with Gasteiger partial charge >= 0.3 is 0 Å². The number of hydrogen-bond acceptors (Lipinski definition) is 3. The lowest BCUT2D eigenvalue weighted by molar-refractivity contribution is 0.356. The zero-order valence-electron chi connectivity index (χ0n) is 6.62. The van der Waals surface area contributed by atoms with Crippen molar-refractivity contribution >= 4 is 17.1 Å². The van der Waals surface area contributed by atoms with E-state index in [4.69, 9.17) is 5.11 Å². The van der Waals surface area contributed by atoms with E-state index in [1.807, 2.05) is 24.3 Å². The Balaban J connectivity index is 2.41. The minimum Gasteiger partial charge on any atom is -0.390 e. The van der Waals surface area contributed by atoms with Gasteiger partial charge < -0.3 is 10.4 Å². The van der Waals surface area contributed by atoms with Gasteiger partial charge in [0.1, 0.15) is 0 Å². The van der Waals surface area contributed by atoms with Gasteiger partial charge in [0, 0.05) is 0 Å². The molecule has 0 radical (unpaired) electrons. The van der Waals surface area contributed by atoms with Gasteiger partial charge in [0.25, 0.3) is 0 Å². The number of aliphatic hydroxyl groups excluding tert-OH is 1. The summed E-state index contributed by atoms with van der Waals surface area (Å²) >= 11 is 0. The van der Waals surface area contributed by atoms with Crippen molar-refractivity contribution in [2.45, 2.75) is 0 Å². The molecule has 3 nitrogen and oxygen atoms in total. The van der Waals surface area contributed by atoms with Crippen molar-refractivity contribution < 1.29 is 5.11 Å². The number of nitrogens with one attached hydrogen (secondary N) is 1. The number of hydrogen-bond donors (Lipinski definition) is 2. The monoisotopic (exact) mass is 162 g/mol. The zero-order valence-corrected chi connectivity index (χ0v) is 6.62. The van der Waals surface area contributed by atoms with E-state index in [-0.39, 0.29) is 6.61 Å². The minimum atomic E-state index is 0.0291. The predicted molar refractivity (Wildman–Crippen MR) is 49.1 cm³/mol. The SMILES string of the molecule is OCC1=Nc2ccccc2NC1. The minimum absolute atomic E-state index is 0.0291. The van der Waals surface area contributed by atoms with Gasteiger partial charge in [-0.25, -0.2) is 0 Å². The lowest BCUT2D eigenvalue weighted by atomic mass is 10.2. The number of anilines is 1. The standard InChI is InChI=1S/C9H10N2O/c12-6-7-5-10-8-3-1-2-4-9(8)11-7/h1-4,10,12H,5-6H2. The molecule has 62 valence electrons. The van der Waals surface area contributed by atoms with Gasteiger partial charge in [-0.1, -0.05) is 12.1 Å². The van der Waals surface area contributed by atoms with E-state index in [1.165, 1.54) is 0 Å². The second-order valence-electron chi connectivity index (χ2n) is 2.71. The van der Waals surface area contributed by atoms with E-state index in [1.54, 1.807) is 0 Å². The number of rotatable bonds is 1. The van der Waals surface area contributed by atoms with Crippen molar-refractivity contribution in [1.82, 2.24) is 0 Å². The van der Waals surface area contributed by atoms with Crippen LogP contribution in [0.2, 0.25) is 0 Å². The Morgan fingerprint density at radius 2 is 2.25 bits per heavy atom. The van der Waals surface area contributed by atoms with Crippen LogP contribution in [0.25, 0.3) is 0 Å². The Morgan fingerprint density at radius 3 is 3.08 bits per heavy atom. The van der Waals surface area contributed by atoms with Crippen LogP contribution in [0, 0.1) is 0 Å². The molecule has 0 unspecified atom stereocenters. The molecule has 1 aromatic rings. The number of nitrogens with zero attached hydrogens (tertiary/aromatic N) is 1. The first kappa shape index (κ1) is 7.31. The van der Waals surface area contributed by atoms with Gasteiger partial charge in [0.05, 0.1) is 30.2 Å². The van der Waals surface area contributed by atoms with E-state index >= 15 is 0 Å². The van der Waals surface area contributed by atoms with Gasteiger partial charge in [-0.15, -0.1) is 0 Å². The fourth-order valence-electron chi connectivity index (χ4n) is 1.22. The number of fused-ring (bicyclic) bond motifs is 1. The number of benzene rings is 1. The third-order valence-corrected chi connectivity index (χ3v) is 1.85. The van der Waals surface area contributed by atoms with Crippen molar-refractivity contribution in [3.05, 3.63) is 24.3 Å². The van der Waals surface area contributed by atoms with Crippen LogP contribution in [-0.4, -0.2) is 24.0 Å². The third kappa shape index (κ3) is 1.19. The Morgan fingerprint density at radius 1 is 1.42 bits per heavy atom. The van der Waals surface area contributed by atoms with Crippen LogP contribution in [0.5, 0.6) is 0 Å². The average Bonchev–Trinajstić information content (AvgIpc) is 2.17. The highest BCUT2D eigenvalue weighted by Gasteiger charge is 2.08. The molecule has 1 aliphatic rings. The van der Waals surface area contributed by atoms with Crippen molar-refractivity contribution in [3.63, 3.8) is 0 Å². The summed E-state index contributed by atoms with van der Waals surface area (Å²) in [5.74, 6) is 0. The van der Waals surface area contributed by atoms with Crippen LogP contribution in [-0.2, 0) is 0 Å². The number of aliphatic imine (C=N–C) groups is 1. The molecule has 2 rings (SSSR count). The first-order valence-electron chi connectivity index (χ1n) is 3.90. The van der Waals surface area contributed by atoms with Crippen LogP contribution in [0.1, 0.15) is 0 Å². The molecule has 0 bridgehead atoms. The smallest absolute Gasteiger partial charge is 0.0862 e. The van der Waals surface area contributed by atoms with Gasteiger partial charge in [-0.3, -0.25) is 4.99 Å². The van der Waals surface area contributed by atoms with E-state index in [0.717, 1.165) is 17.1 Å². The maximum atomic E-state index is 8.85. The molecule has 0 aliphatic carbocycles. The summed E-state index contributed by atoms with van der Waals surface area (Å²) < 4.78 is 0. The summed E-state index contributed by atoms with van der Waals surface area (Å²) in [6, 6.07) is 7.81. The van der Waals surface area contributed by atoms with Crippen LogP contribution < -0.4 is 5.32 Å². The third-order valence-electron chi connectivity index (χ3n) is 1.85. The predicted octanol–water partition coefficient (Wildman–Crippen LogP) is 1.18. The largest absolute Gasteiger partial charge is 0.390 e. The molecule has 0 spiro atoms. The molecular formula is C9H10N2O. The van der Waals surface area contributed by atoms with Gasteiger partial charge in [-0.05, 0) is 12.1 Å². The molecule has 2 N–H and O–H groups in total. The van der Waals surface area contributed by atoms with Crippen molar-refractivity contribution in [2.75, 3.05) is 18.5 Å². The van der Waals surface area contributed by atoms with Gasteiger partial charge in [0.15, 0.2) is 0 Å². The lowest BCUT2D eigenvalue weighted by Gasteiger charge is -2.15. The molecule has 0 fully saturated rings. The second-order valence-corrected chi connectivity index (χ2v) is 2.71. The summed E-state index contributed by atoms with van der Waals surface area (Å²) in [6.45, 7) is 0.675. The highest BCUT2D eigenvalue weighted by Crippen LogP contribution is 2.26. The molecule has 0 saturated heterocycles. The fourth-order valence-corrected chi connectivity index (χ4v) is 1.22. The van der Waals surface area contributed by atoms with Crippen molar-refractivity contribution in [3.8, 4) is 0 Å². The highest BCUT2D eigenvalue weighted by atomic mass is 16.3. The van der Waals surface area contributed by atoms with Crippen LogP contribution in [0.3, 0.4) is 0 Å². The Bertz CT molecular complexity index is 320. The second kappa shape index (κ2) is 2.95. The molecule has 0 saturated carbocycles. The number of para-hydroxylation sites is 2. The first-order chi connectivity index (χ1) is 5.90. The molecule has 1 heterocycles. The molecule has 0 amide bonds. The Kier molecular flexibility index (Phi) is 1.80. The number of aliphatic hydroxyl groups is 1. The lowest BCUT2D eigenvalue weighted by Crippen LogP contribution is -2.20. The summed E-state index contributed by atoms with van der Waals surface area (Å²) in [6.07, 6.45) is 0. The van der Waals surface area contributed by atoms with E-state index in [0.29, 0.717) is 6.54 Å². The molecule has 0 aromatic heterocycles. The normalized spacial score (nSPS) is 14.6. The molecule has 3 heteroatoms. The van der Waals surface area contributed by atoms with Crippen molar-refractivity contribution in [2.24, 2.45) is 4.99 Å². The molecular weight excluding hydrogens is 152 g/mol. The quantitative estimate of drug-likeness (QED) is 0.651. The topological polar surface area (TPSA) is 44.6 Å². The maximum absolute atomic E-state index is 8.85.